The third-order valence-corrected chi connectivity index (χ3v) is 5.87. The van der Waals surface area contributed by atoms with E-state index in [1.165, 1.54) is 59.4 Å². The van der Waals surface area contributed by atoms with Crippen molar-refractivity contribution in [3.8, 4) is 5.69 Å². The molecule has 3 N–H and O–H groups in total. The number of rotatable bonds is 4. The highest BCUT2D eigenvalue weighted by Crippen LogP contribution is 2.48. The summed E-state index contributed by atoms with van der Waals surface area (Å²) >= 11 is 0. The molecule has 0 aliphatic carbocycles. The van der Waals surface area contributed by atoms with E-state index in [2.05, 4.69) is 10.1 Å². The molecule has 2 heterocycles. The van der Waals surface area contributed by atoms with Crippen LogP contribution in [0.15, 0.2) is 79.1 Å². The number of benzene rings is 3. The minimum Gasteiger partial charge on any atom is -0.372 e. The molecule has 0 saturated heterocycles. The van der Waals surface area contributed by atoms with Crippen molar-refractivity contribution in [3.05, 3.63) is 102 Å². The van der Waals surface area contributed by atoms with Gasteiger partial charge in [-0.15, -0.1) is 0 Å². The van der Waals surface area contributed by atoms with Crippen LogP contribution in [0.1, 0.15) is 21.5 Å². The van der Waals surface area contributed by atoms with Crippen LogP contribution < -0.4 is 5.73 Å². The quantitative estimate of drug-likeness (QED) is 0.368. The second kappa shape index (κ2) is 7.88. The molecule has 5 rings (SSSR count). The molecule has 3 aromatic carbocycles. The van der Waals surface area contributed by atoms with Crippen LogP contribution in [-0.2, 0) is 5.60 Å². The lowest BCUT2D eigenvalue weighted by Gasteiger charge is -2.33. The van der Waals surface area contributed by atoms with E-state index < -0.39 is 40.2 Å². The Kier molecular flexibility index (Phi) is 5.06. The van der Waals surface area contributed by atoms with Gasteiger partial charge in [0.25, 0.3) is 5.91 Å². The molecule has 1 unspecified atom stereocenters. The molecular weight excluding hydrogens is 464 g/mol. The van der Waals surface area contributed by atoms with E-state index in [0.29, 0.717) is 11.2 Å². The third-order valence-electron chi connectivity index (χ3n) is 5.87. The lowest BCUT2D eigenvalue weighted by Crippen LogP contribution is -2.45. The molecule has 5 aromatic rings. The molecule has 0 fully saturated rings. The van der Waals surface area contributed by atoms with Crippen LogP contribution in [-0.4, -0.2) is 32.0 Å². The summed E-state index contributed by atoms with van der Waals surface area (Å²) in [5.41, 5.74) is 1.10. The van der Waals surface area contributed by atoms with Crippen LogP contribution in [0.25, 0.3) is 27.5 Å². The number of aliphatic hydroxyl groups is 1. The number of primary amides is 1. The number of alkyl halides is 3. The fourth-order valence-corrected chi connectivity index (χ4v) is 4.21. The fourth-order valence-electron chi connectivity index (χ4n) is 4.21. The number of nitrogens with two attached hydrogens (primary N) is 1. The van der Waals surface area contributed by atoms with Gasteiger partial charge in [-0.3, -0.25) is 9.78 Å². The van der Waals surface area contributed by atoms with Gasteiger partial charge in [0.1, 0.15) is 5.82 Å². The van der Waals surface area contributed by atoms with E-state index in [-0.39, 0.29) is 16.3 Å². The molecule has 6 nitrogen and oxygen atoms in total. The van der Waals surface area contributed by atoms with E-state index in [0.717, 1.165) is 18.3 Å². The lowest BCUT2D eigenvalue weighted by atomic mass is 9.80. The molecule has 35 heavy (non-hydrogen) atoms. The van der Waals surface area contributed by atoms with Gasteiger partial charge in [0.2, 0.25) is 5.60 Å². The number of para-hydroxylation sites is 1. The highest BCUT2D eigenvalue weighted by Gasteiger charge is 2.58. The number of hydrogen-bond acceptors (Lipinski definition) is 4. The predicted molar refractivity (Wildman–Crippen MR) is 120 cm³/mol. The molecule has 0 bridgehead atoms. The zero-order valence-electron chi connectivity index (χ0n) is 17.8. The first kappa shape index (κ1) is 22.5. The summed E-state index contributed by atoms with van der Waals surface area (Å²) in [6.45, 7) is 0. The number of aromatic nitrogens is 3. The topological polar surface area (TPSA) is 94.0 Å². The Bertz CT molecular complexity index is 1600. The summed E-state index contributed by atoms with van der Waals surface area (Å²) in [4.78, 5) is 16.2. The molecule has 10 heteroatoms. The average molecular weight is 480 g/mol. The molecular formula is C25H16F4N4O2. The maximum atomic E-state index is 14.7. The Labute approximate surface area is 195 Å². The highest BCUT2D eigenvalue weighted by atomic mass is 19.4. The Morgan fingerprint density at radius 2 is 1.69 bits per heavy atom. The van der Waals surface area contributed by atoms with Gasteiger partial charge >= 0.3 is 6.18 Å². The highest BCUT2D eigenvalue weighted by molar-refractivity contribution is 6.00. The van der Waals surface area contributed by atoms with Crippen LogP contribution in [0.3, 0.4) is 0 Å². The van der Waals surface area contributed by atoms with Gasteiger partial charge in [0.15, 0.2) is 0 Å². The summed E-state index contributed by atoms with van der Waals surface area (Å²) in [5, 5.41) is 15.8. The minimum absolute atomic E-state index is 0.0641. The van der Waals surface area contributed by atoms with Gasteiger partial charge in [0, 0.05) is 22.5 Å². The number of pyridine rings is 1. The van der Waals surface area contributed by atoms with Crippen molar-refractivity contribution in [1.82, 2.24) is 14.8 Å². The predicted octanol–water partition coefficient (Wildman–Crippen LogP) is 4.61. The van der Waals surface area contributed by atoms with Gasteiger partial charge in [-0.05, 0) is 48.0 Å². The lowest BCUT2D eigenvalue weighted by molar-refractivity contribution is -0.247. The van der Waals surface area contributed by atoms with Crippen LogP contribution in [0.2, 0.25) is 0 Å². The molecule has 0 aliphatic rings. The number of hydrogen-bond donors (Lipinski definition) is 2. The first-order valence-corrected chi connectivity index (χ1v) is 10.3. The maximum Gasteiger partial charge on any atom is 0.425 e. The second-order valence-corrected chi connectivity index (χ2v) is 7.94. The van der Waals surface area contributed by atoms with Gasteiger partial charge in [0.05, 0.1) is 28.5 Å². The van der Waals surface area contributed by atoms with Crippen molar-refractivity contribution < 1.29 is 27.5 Å². The molecule has 0 spiro atoms. The SMILES string of the molecule is NC(=O)c1cnc2ccccc2c1C(O)(c1ccc2c(cnn2-c2ccc(F)cc2)c1)C(F)(F)F. The number of amides is 1. The van der Waals surface area contributed by atoms with Crippen LogP contribution in [0.4, 0.5) is 17.6 Å². The molecule has 0 saturated carbocycles. The molecule has 1 amide bonds. The van der Waals surface area contributed by atoms with Crippen molar-refractivity contribution in [2.24, 2.45) is 5.73 Å². The molecule has 176 valence electrons. The molecule has 0 radical (unpaired) electrons. The zero-order chi connectivity index (χ0) is 25.0. The van der Waals surface area contributed by atoms with E-state index in [4.69, 9.17) is 5.73 Å². The van der Waals surface area contributed by atoms with Gasteiger partial charge in [-0.2, -0.15) is 18.3 Å². The van der Waals surface area contributed by atoms with E-state index >= 15 is 0 Å². The third kappa shape index (κ3) is 3.50. The van der Waals surface area contributed by atoms with E-state index in [1.54, 1.807) is 6.07 Å². The zero-order valence-corrected chi connectivity index (χ0v) is 17.8. The Morgan fingerprint density at radius 1 is 0.971 bits per heavy atom. The molecule has 0 aliphatic heterocycles. The Balaban J connectivity index is 1.78. The molecule has 1 atom stereocenters. The summed E-state index contributed by atoms with van der Waals surface area (Å²) in [7, 11) is 0. The Hall–Kier alpha value is -4.31. The Morgan fingerprint density at radius 3 is 2.37 bits per heavy atom. The smallest absolute Gasteiger partial charge is 0.372 e. The van der Waals surface area contributed by atoms with Crippen molar-refractivity contribution in [1.29, 1.82) is 0 Å². The first-order chi connectivity index (χ1) is 16.6. The summed E-state index contributed by atoms with van der Waals surface area (Å²) < 4.78 is 58.8. The van der Waals surface area contributed by atoms with Crippen LogP contribution in [0, 0.1) is 5.82 Å². The normalized spacial score (nSPS) is 13.7. The van der Waals surface area contributed by atoms with E-state index in [1.807, 2.05) is 0 Å². The number of carbonyl (C=O) groups is 1. The van der Waals surface area contributed by atoms with Gasteiger partial charge < -0.3 is 10.8 Å². The number of fused-ring (bicyclic) bond motifs is 2. The number of halogens is 4. The average Bonchev–Trinajstić information content (AvgIpc) is 3.26. The summed E-state index contributed by atoms with van der Waals surface area (Å²) in [6.07, 6.45) is -2.97. The van der Waals surface area contributed by atoms with Crippen LogP contribution in [0.5, 0.6) is 0 Å². The largest absolute Gasteiger partial charge is 0.425 e. The summed E-state index contributed by atoms with van der Waals surface area (Å²) in [5.74, 6) is -1.61. The van der Waals surface area contributed by atoms with Crippen molar-refractivity contribution >= 4 is 27.7 Å². The first-order valence-electron chi connectivity index (χ1n) is 10.3. The van der Waals surface area contributed by atoms with Gasteiger partial charge in [-0.25, -0.2) is 9.07 Å². The molecule has 2 aromatic heterocycles. The van der Waals surface area contributed by atoms with Crippen LogP contribution >= 0.6 is 0 Å². The number of carbonyl (C=O) groups excluding carboxylic acids is 1. The standard InChI is InChI=1S/C25H16F4N4O2/c26-16-6-8-17(9-7-16)33-21-10-5-15(11-14(21)12-32-33)24(35,25(27,28)29)22-18-3-1-2-4-20(18)31-13-19(22)23(30)34/h1-13,35H,(H2,30,34). The fraction of sp³-hybridized carbons (Fsp3) is 0.0800. The van der Waals surface area contributed by atoms with Crippen molar-refractivity contribution in [2.75, 3.05) is 0 Å². The second-order valence-electron chi connectivity index (χ2n) is 7.94. The maximum absolute atomic E-state index is 14.7. The monoisotopic (exact) mass is 480 g/mol. The van der Waals surface area contributed by atoms with Gasteiger partial charge in [-0.1, -0.05) is 24.3 Å². The minimum atomic E-state index is -5.23. The summed E-state index contributed by atoms with van der Waals surface area (Å²) in [6, 6.07) is 14.9. The number of nitrogens with zero attached hydrogens (tertiary/aromatic N) is 3. The van der Waals surface area contributed by atoms with E-state index in [9.17, 15) is 27.5 Å². The van der Waals surface area contributed by atoms with Crippen molar-refractivity contribution in [3.63, 3.8) is 0 Å². The van der Waals surface area contributed by atoms with Crippen molar-refractivity contribution in [2.45, 2.75) is 11.8 Å².